The first-order valence-corrected chi connectivity index (χ1v) is 7.48. The molecule has 1 heterocycles. The molecule has 102 valence electrons. The largest absolute Gasteiger partial charge is 0.481 e. The molecule has 0 saturated heterocycles. The van der Waals surface area contributed by atoms with Crippen molar-refractivity contribution in [1.29, 1.82) is 0 Å². The van der Waals surface area contributed by atoms with E-state index in [0.717, 1.165) is 11.8 Å². The van der Waals surface area contributed by atoms with Crippen LogP contribution in [0.15, 0.2) is 22.8 Å². The molecule has 1 N–H and O–H groups in total. The van der Waals surface area contributed by atoms with Crippen LogP contribution in [-0.2, 0) is 4.79 Å². The minimum absolute atomic E-state index is 0.302. The summed E-state index contributed by atoms with van der Waals surface area (Å²) in [5.41, 5.74) is 0. The Labute approximate surface area is 113 Å². The monoisotopic (exact) mass is 260 g/mol. The van der Waals surface area contributed by atoms with Gasteiger partial charge in [-0.05, 0) is 73.8 Å². The molecule has 1 unspecified atom stereocenters. The molecular weight excluding hydrogens is 240 g/mol. The van der Waals surface area contributed by atoms with E-state index in [9.17, 15) is 9.90 Å². The van der Waals surface area contributed by atoms with Gasteiger partial charge in [0.15, 0.2) is 0 Å². The molecule has 1 atom stereocenters. The van der Waals surface area contributed by atoms with Crippen molar-refractivity contribution in [2.75, 3.05) is 0 Å². The van der Waals surface area contributed by atoms with Crippen molar-refractivity contribution >= 4 is 5.97 Å². The van der Waals surface area contributed by atoms with Gasteiger partial charge in [-0.25, -0.2) is 0 Å². The highest BCUT2D eigenvalue weighted by molar-refractivity contribution is 5.75. The highest BCUT2D eigenvalue weighted by Gasteiger charge is 2.52. The maximum absolute atomic E-state index is 11.8. The lowest BCUT2D eigenvalue weighted by molar-refractivity contribution is -0.146. The Morgan fingerprint density at radius 3 is 2.26 bits per heavy atom. The van der Waals surface area contributed by atoms with E-state index in [-0.39, 0.29) is 0 Å². The first-order chi connectivity index (χ1) is 9.22. The molecular formula is C16H20O3. The van der Waals surface area contributed by atoms with Crippen molar-refractivity contribution in [1.82, 2.24) is 0 Å². The Balaban J connectivity index is 1.68. The van der Waals surface area contributed by atoms with Crippen molar-refractivity contribution in [3.63, 3.8) is 0 Å². The Hall–Kier alpha value is -1.25. The van der Waals surface area contributed by atoms with Crippen LogP contribution in [0.1, 0.15) is 43.8 Å². The second-order valence-electron chi connectivity index (χ2n) is 6.84. The number of hydrogen-bond donors (Lipinski definition) is 1. The van der Waals surface area contributed by atoms with Crippen LogP contribution in [-0.4, -0.2) is 11.1 Å². The number of furan rings is 1. The molecule has 19 heavy (non-hydrogen) atoms. The minimum Gasteiger partial charge on any atom is -0.481 e. The number of carboxylic acids is 1. The quantitative estimate of drug-likeness (QED) is 0.904. The summed E-state index contributed by atoms with van der Waals surface area (Å²) in [7, 11) is 0. The topological polar surface area (TPSA) is 50.4 Å². The summed E-state index contributed by atoms with van der Waals surface area (Å²) in [5, 5.41) is 9.67. The Morgan fingerprint density at radius 1 is 1.16 bits per heavy atom. The molecule has 4 aliphatic carbocycles. The predicted molar refractivity (Wildman–Crippen MR) is 69.6 cm³/mol. The fraction of sp³-hybridized carbons (Fsp3) is 0.688. The summed E-state index contributed by atoms with van der Waals surface area (Å²) in [6.07, 6.45) is 8.01. The van der Waals surface area contributed by atoms with E-state index in [1.165, 1.54) is 32.1 Å². The van der Waals surface area contributed by atoms with Gasteiger partial charge in [0.1, 0.15) is 11.7 Å². The zero-order chi connectivity index (χ0) is 13.0. The van der Waals surface area contributed by atoms with Crippen LogP contribution in [0.25, 0.3) is 0 Å². The molecule has 4 aliphatic rings. The van der Waals surface area contributed by atoms with Crippen molar-refractivity contribution in [2.45, 2.75) is 38.0 Å². The van der Waals surface area contributed by atoms with E-state index >= 15 is 0 Å². The molecule has 4 fully saturated rings. The predicted octanol–water partition coefficient (Wildman–Crippen LogP) is 3.52. The van der Waals surface area contributed by atoms with Crippen LogP contribution in [0.5, 0.6) is 0 Å². The molecule has 1 aromatic rings. The molecule has 4 bridgehead atoms. The zero-order valence-electron chi connectivity index (χ0n) is 11.0. The van der Waals surface area contributed by atoms with Gasteiger partial charge in [0.2, 0.25) is 0 Å². The van der Waals surface area contributed by atoms with Crippen molar-refractivity contribution in [2.24, 2.45) is 29.6 Å². The summed E-state index contributed by atoms with van der Waals surface area (Å²) in [6, 6.07) is 3.64. The summed E-state index contributed by atoms with van der Waals surface area (Å²) in [5.74, 6) is 2.82. The number of aliphatic carboxylic acids is 1. The first kappa shape index (κ1) is 11.6. The summed E-state index contributed by atoms with van der Waals surface area (Å²) >= 11 is 0. The molecule has 3 heteroatoms. The highest BCUT2D eigenvalue weighted by Crippen LogP contribution is 2.59. The second kappa shape index (κ2) is 4.12. The van der Waals surface area contributed by atoms with Gasteiger partial charge in [0, 0.05) is 0 Å². The van der Waals surface area contributed by atoms with Gasteiger partial charge in [-0.15, -0.1) is 0 Å². The number of hydrogen-bond acceptors (Lipinski definition) is 2. The van der Waals surface area contributed by atoms with E-state index in [0.29, 0.717) is 23.5 Å². The van der Waals surface area contributed by atoms with Gasteiger partial charge in [0.25, 0.3) is 0 Å². The normalized spacial score (nSPS) is 41.4. The van der Waals surface area contributed by atoms with Crippen LogP contribution >= 0.6 is 0 Å². The smallest absolute Gasteiger partial charge is 0.314 e. The second-order valence-corrected chi connectivity index (χ2v) is 6.84. The minimum atomic E-state index is -0.701. The Bertz CT molecular complexity index is 448. The van der Waals surface area contributed by atoms with Crippen molar-refractivity contribution < 1.29 is 14.3 Å². The maximum atomic E-state index is 11.8. The van der Waals surface area contributed by atoms with Gasteiger partial charge >= 0.3 is 5.97 Å². The molecule has 3 nitrogen and oxygen atoms in total. The van der Waals surface area contributed by atoms with Crippen molar-refractivity contribution in [3.05, 3.63) is 24.2 Å². The fourth-order valence-corrected chi connectivity index (χ4v) is 5.46. The Kier molecular flexibility index (Phi) is 2.51. The van der Waals surface area contributed by atoms with E-state index in [4.69, 9.17) is 4.42 Å². The lowest BCUT2D eigenvalue weighted by Gasteiger charge is -2.55. The van der Waals surface area contributed by atoms with E-state index < -0.39 is 11.9 Å². The lowest BCUT2D eigenvalue weighted by atomic mass is 9.49. The molecule has 0 aromatic carbocycles. The van der Waals surface area contributed by atoms with Gasteiger partial charge in [-0.1, -0.05) is 0 Å². The van der Waals surface area contributed by atoms with E-state index in [1.807, 2.05) is 6.07 Å². The van der Waals surface area contributed by atoms with Crippen LogP contribution in [0, 0.1) is 29.6 Å². The first-order valence-electron chi connectivity index (χ1n) is 7.48. The number of rotatable bonds is 3. The summed E-state index contributed by atoms with van der Waals surface area (Å²) < 4.78 is 5.43. The fourth-order valence-electron chi connectivity index (χ4n) is 5.46. The van der Waals surface area contributed by atoms with E-state index in [2.05, 4.69) is 0 Å². The molecule has 0 radical (unpaired) electrons. The van der Waals surface area contributed by atoms with Crippen LogP contribution < -0.4 is 0 Å². The SMILES string of the molecule is O=C(O)C(c1ccco1)C1C2CC3CC(C2)CC1C3. The van der Waals surface area contributed by atoms with Crippen LogP contribution in [0.4, 0.5) is 0 Å². The van der Waals surface area contributed by atoms with Crippen LogP contribution in [0.2, 0.25) is 0 Å². The average molecular weight is 260 g/mol. The Morgan fingerprint density at radius 2 is 1.79 bits per heavy atom. The van der Waals surface area contributed by atoms with E-state index in [1.54, 1.807) is 12.3 Å². The molecule has 4 saturated carbocycles. The van der Waals surface area contributed by atoms with Gasteiger partial charge < -0.3 is 9.52 Å². The molecule has 1 aromatic heterocycles. The highest BCUT2D eigenvalue weighted by atomic mass is 16.4. The molecule has 5 rings (SSSR count). The standard InChI is InChI=1S/C16H20O3/c17-16(18)15(13-2-1-3-19-13)14-11-5-9-4-10(7-11)8-12(14)6-9/h1-3,9-12,14-15H,4-8H2,(H,17,18). The number of carbonyl (C=O) groups is 1. The summed E-state index contributed by atoms with van der Waals surface area (Å²) in [4.78, 5) is 11.8. The third-order valence-electron chi connectivity index (χ3n) is 5.80. The van der Waals surface area contributed by atoms with Gasteiger partial charge in [-0.3, -0.25) is 4.79 Å². The molecule has 0 spiro atoms. The van der Waals surface area contributed by atoms with Crippen molar-refractivity contribution in [3.8, 4) is 0 Å². The van der Waals surface area contributed by atoms with Crippen LogP contribution in [0.3, 0.4) is 0 Å². The van der Waals surface area contributed by atoms with Gasteiger partial charge in [-0.2, -0.15) is 0 Å². The zero-order valence-corrected chi connectivity index (χ0v) is 11.0. The van der Waals surface area contributed by atoms with Gasteiger partial charge in [0.05, 0.1) is 6.26 Å². The average Bonchev–Trinajstić information content (AvgIpc) is 2.85. The number of carboxylic acid groups (broad SMARTS) is 1. The maximum Gasteiger partial charge on any atom is 0.314 e. The lowest BCUT2D eigenvalue weighted by Crippen LogP contribution is -2.48. The molecule has 0 amide bonds. The molecule has 0 aliphatic heterocycles. The third kappa shape index (κ3) is 1.74. The summed E-state index contributed by atoms with van der Waals surface area (Å²) in [6.45, 7) is 0. The third-order valence-corrected chi connectivity index (χ3v) is 5.80.